The van der Waals surface area contributed by atoms with Gasteiger partial charge in [-0.3, -0.25) is 0 Å². The molecule has 1 aromatic carbocycles. The molecule has 3 rings (SSSR count). The van der Waals surface area contributed by atoms with E-state index >= 15 is 0 Å². The highest BCUT2D eigenvalue weighted by Gasteiger charge is 2.51. The van der Waals surface area contributed by atoms with Crippen molar-refractivity contribution in [1.29, 1.82) is 0 Å². The molecule has 26 heavy (non-hydrogen) atoms. The summed E-state index contributed by atoms with van der Waals surface area (Å²) in [7, 11) is -3.59. The zero-order valence-electron chi connectivity index (χ0n) is 16.0. The van der Waals surface area contributed by atoms with E-state index in [4.69, 9.17) is 20.9 Å². The van der Waals surface area contributed by atoms with Gasteiger partial charge in [0.1, 0.15) is 0 Å². The van der Waals surface area contributed by atoms with Crippen LogP contribution >= 0.6 is 11.6 Å². The van der Waals surface area contributed by atoms with Gasteiger partial charge in [0.25, 0.3) is 0 Å². The van der Waals surface area contributed by atoms with Gasteiger partial charge in [-0.25, -0.2) is 8.42 Å². The first-order chi connectivity index (χ1) is 11.9. The smallest absolute Gasteiger partial charge is 0.399 e. The average molecular weight is 401 g/mol. The molecular weight excluding hydrogens is 375 g/mol. The largest absolute Gasteiger partial charge is 0.494 e. The van der Waals surface area contributed by atoms with Gasteiger partial charge in [-0.05, 0) is 45.3 Å². The van der Waals surface area contributed by atoms with E-state index in [1.165, 1.54) is 10.6 Å². The quantitative estimate of drug-likeness (QED) is 0.723. The zero-order chi connectivity index (χ0) is 19.3. The number of hydrogen-bond acceptors (Lipinski definition) is 5. The van der Waals surface area contributed by atoms with E-state index in [-0.39, 0.29) is 0 Å². The number of piperazine rings is 1. The number of hydrogen-bond donors (Lipinski definition) is 0. The molecule has 144 valence electrons. The van der Waals surface area contributed by atoms with Crippen molar-refractivity contribution < 1.29 is 17.7 Å². The Morgan fingerprint density at radius 3 is 2.04 bits per heavy atom. The number of benzene rings is 1. The van der Waals surface area contributed by atoms with Crippen molar-refractivity contribution in [2.24, 2.45) is 0 Å². The normalized spacial score (nSPS) is 23.5. The number of sulfonamides is 1. The summed E-state index contributed by atoms with van der Waals surface area (Å²) in [5.41, 5.74) is 0.988. The van der Waals surface area contributed by atoms with E-state index < -0.39 is 28.3 Å². The molecule has 2 saturated heterocycles. The molecule has 2 aliphatic heterocycles. The van der Waals surface area contributed by atoms with Crippen molar-refractivity contribution in [2.45, 2.75) is 38.9 Å². The second-order valence-corrected chi connectivity index (χ2v) is 10.3. The van der Waals surface area contributed by atoms with Crippen LogP contribution < -0.4 is 10.4 Å². The fourth-order valence-corrected chi connectivity index (χ4v) is 4.30. The van der Waals surface area contributed by atoms with Gasteiger partial charge in [-0.15, -0.1) is 0 Å². The number of nitrogens with zero attached hydrogens (tertiary/aromatic N) is 2. The van der Waals surface area contributed by atoms with Crippen molar-refractivity contribution >= 4 is 39.9 Å². The van der Waals surface area contributed by atoms with Crippen molar-refractivity contribution in [3.8, 4) is 0 Å². The molecule has 0 saturated carbocycles. The first kappa shape index (κ1) is 20.0. The van der Waals surface area contributed by atoms with Gasteiger partial charge in [0, 0.05) is 26.2 Å². The van der Waals surface area contributed by atoms with Crippen LogP contribution in [0.4, 0.5) is 5.69 Å². The Balaban J connectivity index is 1.74. The Morgan fingerprint density at radius 2 is 1.58 bits per heavy atom. The molecule has 6 nitrogen and oxygen atoms in total. The fourth-order valence-electron chi connectivity index (χ4n) is 3.17. The van der Waals surface area contributed by atoms with Crippen LogP contribution in [0.3, 0.4) is 0 Å². The predicted octanol–water partition coefficient (Wildman–Crippen LogP) is 1.72. The Morgan fingerprint density at radius 1 is 1.04 bits per heavy atom. The summed E-state index contributed by atoms with van der Waals surface area (Å²) >= 11 is 6.52. The Labute approximate surface area is 161 Å². The Bertz CT molecular complexity index is 776. The molecule has 0 radical (unpaired) electrons. The fraction of sp³-hybridized carbons (Fsp3) is 0.647. The number of halogens is 1. The van der Waals surface area contributed by atoms with E-state index in [0.717, 1.165) is 11.2 Å². The lowest BCUT2D eigenvalue weighted by Gasteiger charge is -2.35. The van der Waals surface area contributed by atoms with Crippen molar-refractivity contribution in [3.63, 3.8) is 0 Å². The monoisotopic (exact) mass is 400 g/mol. The third-order valence-electron chi connectivity index (χ3n) is 5.55. The molecule has 0 unspecified atom stereocenters. The second-order valence-electron chi connectivity index (χ2n) is 7.95. The summed E-state index contributed by atoms with van der Waals surface area (Å²) in [4.78, 5) is 2.11. The SMILES string of the molecule is CC1(C)OB(c2ccc(N3CCN(S(C)(=O)=O)CC3)c(Cl)c2)OC1(C)C. The molecule has 2 fully saturated rings. The van der Waals surface area contributed by atoms with Gasteiger partial charge in [0.2, 0.25) is 10.0 Å². The van der Waals surface area contributed by atoms with Crippen LogP contribution in [0.2, 0.25) is 5.02 Å². The maximum absolute atomic E-state index is 11.6. The van der Waals surface area contributed by atoms with Crippen LogP contribution in [-0.4, -0.2) is 63.5 Å². The summed E-state index contributed by atoms with van der Waals surface area (Å²) in [6.45, 7) is 10.2. The molecule has 2 heterocycles. The van der Waals surface area contributed by atoms with E-state index in [0.29, 0.717) is 31.2 Å². The topological polar surface area (TPSA) is 59.1 Å². The van der Waals surface area contributed by atoms with Gasteiger partial charge >= 0.3 is 7.12 Å². The van der Waals surface area contributed by atoms with Crippen molar-refractivity contribution in [3.05, 3.63) is 23.2 Å². The number of anilines is 1. The van der Waals surface area contributed by atoms with Crippen molar-refractivity contribution in [2.75, 3.05) is 37.3 Å². The molecule has 0 atom stereocenters. The summed E-state index contributed by atoms with van der Waals surface area (Å²) in [5, 5.41) is 0.616. The van der Waals surface area contributed by atoms with Crippen LogP contribution in [0.1, 0.15) is 27.7 Å². The maximum Gasteiger partial charge on any atom is 0.494 e. The number of rotatable bonds is 3. The van der Waals surface area contributed by atoms with Crippen LogP contribution in [-0.2, 0) is 19.3 Å². The molecule has 0 amide bonds. The third kappa shape index (κ3) is 3.75. The van der Waals surface area contributed by atoms with Gasteiger partial charge < -0.3 is 14.2 Å². The highest BCUT2D eigenvalue weighted by atomic mass is 35.5. The summed E-state index contributed by atoms with van der Waals surface area (Å²) < 4.78 is 36.9. The molecule has 0 N–H and O–H groups in total. The lowest BCUT2D eigenvalue weighted by molar-refractivity contribution is 0.00578. The molecule has 0 aliphatic carbocycles. The summed E-state index contributed by atoms with van der Waals surface area (Å²) in [6, 6.07) is 5.80. The van der Waals surface area contributed by atoms with Crippen LogP contribution in [0.25, 0.3) is 0 Å². The van der Waals surface area contributed by atoms with Gasteiger partial charge in [0.05, 0.1) is 28.2 Å². The first-order valence-electron chi connectivity index (χ1n) is 8.76. The van der Waals surface area contributed by atoms with Crippen LogP contribution in [0.15, 0.2) is 18.2 Å². The third-order valence-corrected chi connectivity index (χ3v) is 7.15. The van der Waals surface area contributed by atoms with E-state index in [2.05, 4.69) is 4.90 Å². The highest BCUT2D eigenvalue weighted by molar-refractivity contribution is 7.88. The molecule has 0 aromatic heterocycles. The van der Waals surface area contributed by atoms with Gasteiger partial charge in [-0.2, -0.15) is 4.31 Å². The second kappa shape index (κ2) is 6.67. The van der Waals surface area contributed by atoms with Crippen LogP contribution in [0.5, 0.6) is 0 Å². The minimum Gasteiger partial charge on any atom is -0.399 e. The first-order valence-corrected chi connectivity index (χ1v) is 11.0. The summed E-state index contributed by atoms with van der Waals surface area (Å²) in [6.07, 6.45) is 1.25. The maximum atomic E-state index is 11.6. The molecule has 9 heteroatoms. The van der Waals surface area contributed by atoms with Crippen LogP contribution in [0, 0.1) is 0 Å². The van der Waals surface area contributed by atoms with E-state index in [9.17, 15) is 8.42 Å². The Kier molecular flexibility index (Phi) is 5.12. The van der Waals surface area contributed by atoms with E-state index in [1.54, 1.807) is 0 Å². The Hall–Kier alpha value is -0.795. The lowest BCUT2D eigenvalue weighted by Crippen LogP contribution is -2.48. The lowest BCUT2D eigenvalue weighted by atomic mass is 9.79. The predicted molar refractivity (Wildman–Crippen MR) is 106 cm³/mol. The summed E-state index contributed by atoms with van der Waals surface area (Å²) in [5.74, 6) is 0. The molecule has 2 aliphatic rings. The molecule has 0 bridgehead atoms. The van der Waals surface area contributed by atoms with Crippen molar-refractivity contribution in [1.82, 2.24) is 4.31 Å². The standard InChI is InChI=1S/C17H26BClN2O4S/c1-16(2)17(3,4)25-18(24-16)13-6-7-15(14(19)12-13)20-8-10-21(11-9-20)26(5,22)23/h6-7,12H,8-11H2,1-5H3. The average Bonchev–Trinajstić information content (AvgIpc) is 2.75. The molecular formula is C17H26BClN2O4S. The highest BCUT2D eigenvalue weighted by Crippen LogP contribution is 2.37. The van der Waals surface area contributed by atoms with Gasteiger partial charge in [-0.1, -0.05) is 17.7 Å². The van der Waals surface area contributed by atoms with Gasteiger partial charge in [0.15, 0.2) is 0 Å². The minimum absolute atomic E-state index is 0.398. The van der Waals surface area contributed by atoms with E-state index in [1.807, 2.05) is 45.9 Å². The molecule has 0 spiro atoms. The molecule has 1 aromatic rings. The zero-order valence-corrected chi connectivity index (χ0v) is 17.5. The minimum atomic E-state index is -3.14.